The fourth-order valence-corrected chi connectivity index (χ4v) is 2.82. The Kier molecular flexibility index (Phi) is 2.93. The van der Waals surface area contributed by atoms with Gasteiger partial charge in [-0.2, -0.15) is 0 Å². The molecule has 2 fully saturated rings. The molecule has 18 heavy (non-hydrogen) atoms. The molecule has 2 aliphatic rings. The lowest BCUT2D eigenvalue weighted by Crippen LogP contribution is -2.62. The average molecular weight is 256 g/mol. The van der Waals surface area contributed by atoms with Crippen molar-refractivity contribution >= 4 is 11.9 Å². The van der Waals surface area contributed by atoms with Crippen LogP contribution < -0.4 is 0 Å². The number of carbonyl (C=O) groups excluding carboxylic acids is 2. The van der Waals surface area contributed by atoms with Gasteiger partial charge in [-0.25, -0.2) is 9.59 Å². The Morgan fingerprint density at radius 3 is 2.11 bits per heavy atom. The molecule has 1 spiro atoms. The van der Waals surface area contributed by atoms with E-state index in [-0.39, 0.29) is 17.9 Å². The highest BCUT2D eigenvalue weighted by Crippen LogP contribution is 2.45. The Labute approximate surface area is 107 Å². The van der Waals surface area contributed by atoms with Crippen LogP contribution in [0.4, 0.5) is 0 Å². The van der Waals surface area contributed by atoms with Crippen molar-refractivity contribution in [1.82, 2.24) is 0 Å². The lowest BCUT2D eigenvalue weighted by atomic mass is 9.78. The maximum atomic E-state index is 12.3. The van der Waals surface area contributed by atoms with Crippen LogP contribution in [0.2, 0.25) is 0 Å². The molecule has 5 nitrogen and oxygen atoms in total. The molecule has 0 N–H and O–H groups in total. The number of carbonyl (C=O) groups is 2. The summed E-state index contributed by atoms with van der Waals surface area (Å²) in [6, 6.07) is 0. The van der Waals surface area contributed by atoms with Crippen LogP contribution in [-0.2, 0) is 23.8 Å². The van der Waals surface area contributed by atoms with Gasteiger partial charge in [0.25, 0.3) is 11.4 Å². The van der Waals surface area contributed by atoms with E-state index in [0.717, 1.165) is 0 Å². The van der Waals surface area contributed by atoms with Gasteiger partial charge in [0.2, 0.25) is 0 Å². The normalized spacial score (nSPS) is 33.7. The van der Waals surface area contributed by atoms with E-state index in [4.69, 9.17) is 14.2 Å². The number of hydrogen-bond acceptors (Lipinski definition) is 5. The highest BCUT2D eigenvalue weighted by Gasteiger charge is 2.66. The predicted octanol–water partition coefficient (Wildman–Crippen LogP) is 1.64. The monoisotopic (exact) mass is 256 g/mol. The molecule has 2 heterocycles. The zero-order valence-electron chi connectivity index (χ0n) is 11.5. The van der Waals surface area contributed by atoms with Gasteiger partial charge in [0.05, 0.1) is 6.10 Å². The number of hydrogen-bond donors (Lipinski definition) is 0. The van der Waals surface area contributed by atoms with E-state index in [9.17, 15) is 9.59 Å². The minimum Gasteiger partial charge on any atom is -0.421 e. The second-order valence-electron chi connectivity index (χ2n) is 5.93. The van der Waals surface area contributed by atoms with Gasteiger partial charge in [-0.3, -0.25) is 0 Å². The molecule has 0 aromatic carbocycles. The lowest BCUT2D eigenvalue weighted by molar-refractivity contribution is -0.267. The smallest absolute Gasteiger partial charge is 0.353 e. The average Bonchev–Trinajstić information content (AvgIpc) is 2.53. The second kappa shape index (κ2) is 3.95. The van der Waals surface area contributed by atoms with Crippen LogP contribution in [-0.4, -0.2) is 29.4 Å². The van der Waals surface area contributed by atoms with Gasteiger partial charge in [0.1, 0.15) is 0 Å². The fraction of sp³-hybridized carbons (Fsp3) is 0.846. The summed E-state index contributed by atoms with van der Waals surface area (Å²) in [6.45, 7) is 8.86. The molecule has 0 unspecified atom stereocenters. The number of rotatable bonds is 1. The van der Waals surface area contributed by atoms with Crippen LogP contribution in [0, 0.1) is 11.8 Å². The topological polar surface area (TPSA) is 61.8 Å². The van der Waals surface area contributed by atoms with Gasteiger partial charge >= 0.3 is 11.9 Å². The summed E-state index contributed by atoms with van der Waals surface area (Å²) in [5, 5.41) is 0. The molecule has 0 amide bonds. The molecule has 2 saturated heterocycles. The first-order chi connectivity index (χ1) is 8.19. The van der Waals surface area contributed by atoms with Crippen LogP contribution in [0.25, 0.3) is 0 Å². The summed E-state index contributed by atoms with van der Waals surface area (Å²) < 4.78 is 16.0. The summed E-state index contributed by atoms with van der Waals surface area (Å²) in [7, 11) is 0. The van der Waals surface area contributed by atoms with E-state index in [0.29, 0.717) is 6.42 Å². The van der Waals surface area contributed by atoms with Crippen molar-refractivity contribution in [3.8, 4) is 0 Å². The maximum absolute atomic E-state index is 12.3. The van der Waals surface area contributed by atoms with Crippen LogP contribution >= 0.6 is 0 Å². The van der Waals surface area contributed by atoms with Crippen molar-refractivity contribution < 1.29 is 23.8 Å². The predicted molar refractivity (Wildman–Crippen MR) is 62.5 cm³/mol. The van der Waals surface area contributed by atoms with Crippen molar-refractivity contribution in [1.29, 1.82) is 0 Å². The van der Waals surface area contributed by atoms with Gasteiger partial charge < -0.3 is 14.2 Å². The summed E-state index contributed by atoms with van der Waals surface area (Å²) >= 11 is 0. The van der Waals surface area contributed by atoms with Crippen LogP contribution in [0.3, 0.4) is 0 Å². The minimum atomic E-state index is -1.57. The lowest BCUT2D eigenvalue weighted by Gasteiger charge is -2.41. The SMILES string of the molecule is CC(C)[C@H]1C[C@@H](C)OC12C(=O)OC(C)(C)OC2=O. The quantitative estimate of drug-likeness (QED) is 0.527. The molecule has 0 saturated carbocycles. The molecule has 0 bridgehead atoms. The van der Waals surface area contributed by atoms with Gasteiger partial charge in [0.15, 0.2) is 0 Å². The largest absolute Gasteiger partial charge is 0.421 e. The van der Waals surface area contributed by atoms with Crippen LogP contribution in [0.15, 0.2) is 0 Å². The third-order valence-electron chi connectivity index (χ3n) is 3.58. The Bertz CT molecular complexity index is 365. The molecule has 5 heteroatoms. The van der Waals surface area contributed by atoms with Crippen molar-refractivity contribution in [3.63, 3.8) is 0 Å². The van der Waals surface area contributed by atoms with E-state index in [1.807, 2.05) is 20.8 Å². The highest BCUT2D eigenvalue weighted by atomic mass is 16.8. The Balaban J connectivity index is 2.40. The maximum Gasteiger partial charge on any atom is 0.353 e. The van der Waals surface area contributed by atoms with Gasteiger partial charge in [-0.15, -0.1) is 0 Å². The van der Waals surface area contributed by atoms with Crippen molar-refractivity contribution in [2.45, 2.75) is 58.5 Å². The first kappa shape index (κ1) is 13.3. The summed E-state index contributed by atoms with van der Waals surface area (Å²) in [4.78, 5) is 24.5. The molecule has 0 radical (unpaired) electrons. The summed E-state index contributed by atoms with van der Waals surface area (Å²) in [5.41, 5.74) is -1.57. The Hall–Kier alpha value is -1.10. The molecule has 2 atom stereocenters. The number of ether oxygens (including phenoxy) is 3. The molecule has 0 aromatic rings. The molecule has 2 aliphatic heterocycles. The summed E-state index contributed by atoms with van der Waals surface area (Å²) in [5.74, 6) is -2.52. The van der Waals surface area contributed by atoms with Gasteiger partial charge in [-0.1, -0.05) is 13.8 Å². The highest BCUT2D eigenvalue weighted by molar-refractivity contribution is 6.06. The van der Waals surface area contributed by atoms with Crippen LogP contribution in [0.5, 0.6) is 0 Å². The Morgan fingerprint density at radius 2 is 1.67 bits per heavy atom. The third-order valence-corrected chi connectivity index (χ3v) is 3.58. The van der Waals surface area contributed by atoms with Crippen molar-refractivity contribution in [2.24, 2.45) is 11.8 Å². The molecular weight excluding hydrogens is 236 g/mol. The molecule has 0 aliphatic carbocycles. The zero-order valence-corrected chi connectivity index (χ0v) is 11.5. The molecule has 102 valence electrons. The first-order valence-electron chi connectivity index (χ1n) is 6.34. The number of esters is 2. The zero-order chi connectivity index (χ0) is 13.7. The van der Waals surface area contributed by atoms with Crippen molar-refractivity contribution in [3.05, 3.63) is 0 Å². The molecule has 0 aromatic heterocycles. The van der Waals surface area contributed by atoms with Crippen molar-refractivity contribution in [2.75, 3.05) is 0 Å². The van der Waals surface area contributed by atoms with E-state index in [2.05, 4.69) is 0 Å². The van der Waals surface area contributed by atoms with E-state index >= 15 is 0 Å². The van der Waals surface area contributed by atoms with Gasteiger partial charge in [-0.05, 0) is 19.3 Å². The third kappa shape index (κ3) is 1.81. The Morgan fingerprint density at radius 1 is 1.17 bits per heavy atom. The first-order valence-corrected chi connectivity index (χ1v) is 6.34. The van der Waals surface area contributed by atoms with Crippen LogP contribution in [0.1, 0.15) is 41.0 Å². The molecular formula is C13H20O5. The van der Waals surface area contributed by atoms with E-state index < -0.39 is 23.3 Å². The second-order valence-corrected chi connectivity index (χ2v) is 5.93. The standard InChI is InChI=1S/C13H20O5/c1-7(2)9-6-8(3)16-13(9)10(14)17-12(4,5)18-11(13)15/h7-9H,6H2,1-5H3/t8-,9-/m1/s1. The van der Waals surface area contributed by atoms with E-state index in [1.54, 1.807) is 13.8 Å². The van der Waals surface area contributed by atoms with E-state index in [1.165, 1.54) is 0 Å². The minimum absolute atomic E-state index is 0.135. The summed E-state index contributed by atoms with van der Waals surface area (Å²) in [6.07, 6.45) is 0.501. The number of cyclic esters (lactones) is 2. The fourth-order valence-electron chi connectivity index (χ4n) is 2.82. The molecule has 2 rings (SSSR count). The van der Waals surface area contributed by atoms with Gasteiger partial charge in [0, 0.05) is 19.8 Å².